The maximum atomic E-state index is 12.0. The molecular weight excluding hydrogens is 288 g/mol. The summed E-state index contributed by atoms with van der Waals surface area (Å²) in [6.45, 7) is 8.47. The topological polar surface area (TPSA) is 57.5 Å². The lowest BCUT2D eigenvalue weighted by Crippen LogP contribution is -2.53. The molecule has 3 heteroatoms. The van der Waals surface area contributed by atoms with E-state index in [1.165, 1.54) is 5.57 Å². The van der Waals surface area contributed by atoms with Crippen molar-refractivity contribution in [3.63, 3.8) is 0 Å². The third-order valence-corrected chi connectivity index (χ3v) is 7.10. The highest BCUT2D eigenvalue weighted by Gasteiger charge is 2.57. The lowest BCUT2D eigenvalue weighted by molar-refractivity contribution is -0.162. The zero-order valence-corrected chi connectivity index (χ0v) is 14.8. The van der Waals surface area contributed by atoms with E-state index in [-0.39, 0.29) is 23.4 Å². The number of hydrogen-bond donors (Lipinski definition) is 2. The standard InChI is InChI=1S/C20H30O3/c1-12(2)14-10-13-6-7-17-19(3,15(13)11-16(14)21)8-5-9-20(17,4)18(22)23/h6,10,12,15-17,21H,5,7-9,11H2,1-4H3,(H,22,23)/t15-,16+,17-,19-,20-/m1/s1. The lowest BCUT2D eigenvalue weighted by atomic mass is 9.46. The van der Waals surface area contributed by atoms with Gasteiger partial charge in [-0.3, -0.25) is 4.79 Å². The second kappa shape index (κ2) is 5.47. The Morgan fingerprint density at radius 3 is 2.61 bits per heavy atom. The van der Waals surface area contributed by atoms with Crippen molar-refractivity contribution in [3.8, 4) is 0 Å². The smallest absolute Gasteiger partial charge is 0.309 e. The summed E-state index contributed by atoms with van der Waals surface area (Å²) >= 11 is 0. The van der Waals surface area contributed by atoms with E-state index in [0.29, 0.717) is 5.92 Å². The largest absolute Gasteiger partial charge is 0.481 e. The third kappa shape index (κ3) is 2.39. The highest BCUT2D eigenvalue weighted by Crippen LogP contribution is 2.62. The van der Waals surface area contributed by atoms with Gasteiger partial charge in [0.1, 0.15) is 0 Å². The van der Waals surface area contributed by atoms with Crippen LogP contribution in [0.4, 0.5) is 0 Å². The van der Waals surface area contributed by atoms with E-state index in [2.05, 4.69) is 32.9 Å². The molecule has 23 heavy (non-hydrogen) atoms. The van der Waals surface area contributed by atoms with Crippen molar-refractivity contribution in [1.29, 1.82) is 0 Å². The molecule has 0 amide bonds. The Labute approximate surface area is 139 Å². The Bertz CT molecular complexity index is 573. The summed E-state index contributed by atoms with van der Waals surface area (Å²) in [5, 5.41) is 20.4. The number of hydrogen-bond acceptors (Lipinski definition) is 2. The predicted octanol–water partition coefficient (Wildman–Crippen LogP) is 4.18. The third-order valence-electron chi connectivity index (χ3n) is 7.10. The summed E-state index contributed by atoms with van der Waals surface area (Å²) < 4.78 is 0. The number of fused-ring (bicyclic) bond motifs is 3. The average molecular weight is 318 g/mol. The normalized spacial score (nSPS) is 43.3. The maximum Gasteiger partial charge on any atom is 0.309 e. The number of rotatable bonds is 2. The van der Waals surface area contributed by atoms with Crippen molar-refractivity contribution in [2.45, 2.75) is 65.9 Å². The quantitative estimate of drug-likeness (QED) is 0.803. The summed E-state index contributed by atoms with van der Waals surface area (Å²) in [5.41, 5.74) is 1.82. The summed E-state index contributed by atoms with van der Waals surface area (Å²) in [4.78, 5) is 12.0. The average Bonchev–Trinajstić information content (AvgIpc) is 2.46. The van der Waals surface area contributed by atoms with Crippen LogP contribution >= 0.6 is 0 Å². The zero-order chi connectivity index (χ0) is 17.0. The van der Waals surface area contributed by atoms with Crippen LogP contribution in [0, 0.1) is 28.6 Å². The van der Waals surface area contributed by atoms with Crippen LogP contribution in [-0.4, -0.2) is 22.3 Å². The van der Waals surface area contributed by atoms with Gasteiger partial charge in [0.25, 0.3) is 0 Å². The van der Waals surface area contributed by atoms with Crippen LogP contribution in [-0.2, 0) is 4.79 Å². The first kappa shape index (κ1) is 16.8. The van der Waals surface area contributed by atoms with Gasteiger partial charge >= 0.3 is 5.97 Å². The summed E-state index contributed by atoms with van der Waals surface area (Å²) in [6, 6.07) is 0. The summed E-state index contributed by atoms with van der Waals surface area (Å²) in [7, 11) is 0. The van der Waals surface area contributed by atoms with E-state index in [0.717, 1.165) is 37.7 Å². The van der Waals surface area contributed by atoms with E-state index in [1.807, 2.05) is 6.92 Å². The molecule has 3 rings (SSSR count). The number of aliphatic hydroxyl groups excluding tert-OH is 1. The molecule has 3 aliphatic rings. The molecule has 0 bridgehead atoms. The molecular formula is C20H30O3. The maximum absolute atomic E-state index is 12.0. The first-order valence-corrected chi connectivity index (χ1v) is 9.03. The molecule has 1 saturated carbocycles. The van der Waals surface area contributed by atoms with Crippen molar-refractivity contribution in [2.75, 3.05) is 0 Å². The van der Waals surface area contributed by atoms with Crippen LogP contribution in [0.5, 0.6) is 0 Å². The van der Waals surface area contributed by atoms with Crippen LogP contribution in [0.25, 0.3) is 0 Å². The molecule has 2 N–H and O–H groups in total. The zero-order valence-electron chi connectivity index (χ0n) is 14.8. The van der Waals surface area contributed by atoms with Crippen molar-refractivity contribution in [3.05, 3.63) is 23.3 Å². The minimum Gasteiger partial charge on any atom is -0.481 e. The molecule has 0 aromatic rings. The minimum atomic E-state index is -0.653. The number of carboxylic acid groups (broad SMARTS) is 1. The van der Waals surface area contributed by atoms with Crippen LogP contribution in [0.1, 0.15) is 59.8 Å². The monoisotopic (exact) mass is 318 g/mol. The molecule has 0 aromatic heterocycles. The Balaban J connectivity index is 2.03. The van der Waals surface area contributed by atoms with Gasteiger partial charge < -0.3 is 10.2 Å². The molecule has 5 atom stereocenters. The molecule has 128 valence electrons. The van der Waals surface area contributed by atoms with Gasteiger partial charge in [0.2, 0.25) is 0 Å². The number of aliphatic hydroxyl groups is 1. The predicted molar refractivity (Wildman–Crippen MR) is 90.9 cm³/mol. The molecule has 0 radical (unpaired) electrons. The van der Waals surface area contributed by atoms with E-state index >= 15 is 0 Å². The van der Waals surface area contributed by atoms with Crippen molar-refractivity contribution in [2.24, 2.45) is 28.6 Å². The summed E-state index contributed by atoms with van der Waals surface area (Å²) in [6.07, 6.45) is 8.49. The van der Waals surface area contributed by atoms with Crippen molar-refractivity contribution in [1.82, 2.24) is 0 Å². The van der Waals surface area contributed by atoms with Crippen LogP contribution < -0.4 is 0 Å². The lowest BCUT2D eigenvalue weighted by Gasteiger charge is -2.57. The molecule has 3 nitrogen and oxygen atoms in total. The Hall–Kier alpha value is -1.09. The highest BCUT2D eigenvalue weighted by molar-refractivity contribution is 5.75. The molecule has 0 aliphatic heterocycles. The van der Waals surface area contributed by atoms with E-state index < -0.39 is 11.4 Å². The summed E-state index contributed by atoms with van der Waals surface area (Å²) in [5.74, 6) is 0.155. The van der Waals surface area contributed by atoms with Crippen LogP contribution in [0.3, 0.4) is 0 Å². The van der Waals surface area contributed by atoms with Gasteiger partial charge in [0.05, 0.1) is 11.5 Å². The van der Waals surface area contributed by atoms with E-state index in [1.54, 1.807) is 0 Å². The van der Waals surface area contributed by atoms with Crippen molar-refractivity contribution < 1.29 is 15.0 Å². The highest BCUT2D eigenvalue weighted by atomic mass is 16.4. The van der Waals surface area contributed by atoms with Crippen LogP contribution in [0.2, 0.25) is 0 Å². The van der Waals surface area contributed by atoms with Crippen LogP contribution in [0.15, 0.2) is 23.3 Å². The molecule has 3 aliphatic carbocycles. The Morgan fingerprint density at radius 1 is 1.30 bits per heavy atom. The number of aliphatic carboxylic acids is 1. The van der Waals surface area contributed by atoms with Gasteiger partial charge in [-0.2, -0.15) is 0 Å². The van der Waals surface area contributed by atoms with Gasteiger partial charge in [-0.1, -0.05) is 39.3 Å². The van der Waals surface area contributed by atoms with Gasteiger partial charge in [0, 0.05) is 0 Å². The van der Waals surface area contributed by atoms with E-state index in [9.17, 15) is 15.0 Å². The van der Waals surface area contributed by atoms with Gasteiger partial charge in [-0.15, -0.1) is 0 Å². The van der Waals surface area contributed by atoms with Gasteiger partial charge in [-0.25, -0.2) is 0 Å². The SMILES string of the molecule is CC(C)C1=CC2=CC[C@@H]3[C@](C)(CCC[C@@]3(C)C(=O)O)[C@@H]2C[C@@H]1O. The molecule has 0 heterocycles. The van der Waals surface area contributed by atoms with Gasteiger partial charge in [0.15, 0.2) is 0 Å². The number of carboxylic acids is 1. The molecule has 0 aromatic carbocycles. The number of allylic oxidation sites excluding steroid dienone is 3. The molecule has 0 spiro atoms. The first-order valence-electron chi connectivity index (χ1n) is 9.03. The van der Waals surface area contributed by atoms with Gasteiger partial charge in [-0.05, 0) is 66.9 Å². The minimum absolute atomic E-state index is 0.0184. The fraction of sp³-hybridized carbons (Fsp3) is 0.750. The van der Waals surface area contributed by atoms with E-state index in [4.69, 9.17) is 0 Å². The number of carbonyl (C=O) groups is 1. The fourth-order valence-corrected chi connectivity index (χ4v) is 5.66. The first-order chi connectivity index (χ1) is 10.7. The Kier molecular flexibility index (Phi) is 3.99. The molecule has 1 fully saturated rings. The van der Waals surface area contributed by atoms with Crippen molar-refractivity contribution >= 4 is 5.97 Å². The molecule has 0 saturated heterocycles. The fourth-order valence-electron chi connectivity index (χ4n) is 5.66. The second-order valence-corrected chi connectivity index (χ2v) is 8.68. The second-order valence-electron chi connectivity index (χ2n) is 8.68. The Morgan fingerprint density at radius 2 is 2.00 bits per heavy atom. The molecule has 0 unspecified atom stereocenters.